The van der Waals surface area contributed by atoms with Crippen molar-refractivity contribution in [2.24, 2.45) is 0 Å². The lowest BCUT2D eigenvalue weighted by Gasteiger charge is -2.11. The SMILES string of the molecule is CCNC(=O)c1ccc(C)c(NCc2ccc(C#N)s2)c1. The summed E-state index contributed by atoms with van der Waals surface area (Å²) in [6.07, 6.45) is 0. The minimum Gasteiger partial charge on any atom is -0.380 e. The van der Waals surface area contributed by atoms with E-state index in [2.05, 4.69) is 16.7 Å². The van der Waals surface area contributed by atoms with Gasteiger partial charge in [-0.1, -0.05) is 6.07 Å². The van der Waals surface area contributed by atoms with Gasteiger partial charge in [0, 0.05) is 29.2 Å². The topological polar surface area (TPSA) is 64.9 Å². The summed E-state index contributed by atoms with van der Waals surface area (Å²) in [5, 5.41) is 14.9. The van der Waals surface area contributed by atoms with Crippen LogP contribution in [0.4, 0.5) is 5.69 Å². The van der Waals surface area contributed by atoms with Gasteiger partial charge in [-0.15, -0.1) is 11.3 Å². The van der Waals surface area contributed by atoms with Crippen LogP contribution in [0.25, 0.3) is 0 Å². The van der Waals surface area contributed by atoms with Gasteiger partial charge < -0.3 is 10.6 Å². The van der Waals surface area contributed by atoms with Gasteiger partial charge in [-0.2, -0.15) is 5.26 Å². The van der Waals surface area contributed by atoms with Crippen LogP contribution < -0.4 is 10.6 Å². The lowest BCUT2D eigenvalue weighted by atomic mass is 10.1. The zero-order valence-corrected chi connectivity index (χ0v) is 12.9. The molecule has 4 nitrogen and oxygen atoms in total. The first kappa shape index (κ1) is 15.1. The van der Waals surface area contributed by atoms with Gasteiger partial charge >= 0.3 is 0 Å². The fourth-order valence-corrected chi connectivity index (χ4v) is 2.68. The molecule has 108 valence electrons. The Labute approximate surface area is 128 Å². The van der Waals surface area contributed by atoms with Crippen molar-refractivity contribution in [2.75, 3.05) is 11.9 Å². The Kier molecular flexibility index (Phi) is 4.96. The molecule has 5 heteroatoms. The minimum absolute atomic E-state index is 0.0663. The van der Waals surface area contributed by atoms with Crippen LogP contribution in [0.15, 0.2) is 30.3 Å². The number of carbonyl (C=O) groups is 1. The molecule has 0 atom stereocenters. The van der Waals surface area contributed by atoms with Gasteiger partial charge in [0.1, 0.15) is 10.9 Å². The molecule has 0 aliphatic carbocycles. The number of nitriles is 1. The summed E-state index contributed by atoms with van der Waals surface area (Å²) in [4.78, 5) is 13.7. The molecule has 0 aliphatic rings. The zero-order chi connectivity index (χ0) is 15.2. The molecule has 0 aliphatic heterocycles. The average Bonchev–Trinajstić information content (AvgIpc) is 2.94. The molecule has 0 saturated heterocycles. The van der Waals surface area contributed by atoms with Crippen LogP contribution in [0.5, 0.6) is 0 Å². The molecule has 0 spiro atoms. The molecule has 0 bridgehead atoms. The van der Waals surface area contributed by atoms with Crippen molar-refractivity contribution in [3.63, 3.8) is 0 Å². The normalized spacial score (nSPS) is 9.95. The van der Waals surface area contributed by atoms with Gasteiger partial charge in [-0.05, 0) is 43.7 Å². The van der Waals surface area contributed by atoms with Gasteiger partial charge in [0.15, 0.2) is 0 Å². The van der Waals surface area contributed by atoms with E-state index in [4.69, 9.17) is 5.26 Å². The van der Waals surface area contributed by atoms with E-state index in [9.17, 15) is 4.79 Å². The Morgan fingerprint density at radius 3 is 2.81 bits per heavy atom. The van der Waals surface area contributed by atoms with Crippen molar-refractivity contribution >= 4 is 22.9 Å². The Balaban J connectivity index is 2.10. The second-order valence-corrected chi connectivity index (χ2v) is 5.79. The van der Waals surface area contributed by atoms with Crippen molar-refractivity contribution in [1.82, 2.24) is 5.32 Å². The van der Waals surface area contributed by atoms with E-state index >= 15 is 0 Å². The smallest absolute Gasteiger partial charge is 0.251 e. The third kappa shape index (κ3) is 3.83. The monoisotopic (exact) mass is 299 g/mol. The highest BCUT2D eigenvalue weighted by molar-refractivity contribution is 7.12. The molecule has 1 aromatic heterocycles. The van der Waals surface area contributed by atoms with E-state index in [1.807, 2.05) is 44.2 Å². The molecule has 0 fully saturated rings. The first-order valence-corrected chi connectivity index (χ1v) is 7.57. The number of benzene rings is 1. The van der Waals surface area contributed by atoms with Crippen LogP contribution in [0.2, 0.25) is 0 Å². The third-order valence-corrected chi connectivity index (χ3v) is 4.05. The second kappa shape index (κ2) is 6.91. The molecule has 0 unspecified atom stereocenters. The first-order chi connectivity index (χ1) is 10.1. The highest BCUT2D eigenvalue weighted by Crippen LogP contribution is 2.20. The van der Waals surface area contributed by atoms with Crippen LogP contribution in [0, 0.1) is 18.3 Å². The van der Waals surface area contributed by atoms with E-state index in [1.54, 1.807) is 0 Å². The van der Waals surface area contributed by atoms with E-state index in [0.717, 1.165) is 16.1 Å². The molecule has 2 aromatic rings. The summed E-state index contributed by atoms with van der Waals surface area (Å²) in [6, 6.07) is 11.5. The summed E-state index contributed by atoms with van der Waals surface area (Å²) in [5.41, 5.74) is 2.67. The summed E-state index contributed by atoms with van der Waals surface area (Å²) in [5.74, 6) is -0.0663. The third-order valence-electron chi connectivity index (χ3n) is 3.06. The van der Waals surface area contributed by atoms with Crippen molar-refractivity contribution in [3.8, 4) is 6.07 Å². The first-order valence-electron chi connectivity index (χ1n) is 6.75. The van der Waals surface area contributed by atoms with E-state index < -0.39 is 0 Å². The van der Waals surface area contributed by atoms with Crippen molar-refractivity contribution in [1.29, 1.82) is 5.26 Å². The van der Waals surface area contributed by atoms with Crippen LogP contribution in [0.3, 0.4) is 0 Å². The summed E-state index contributed by atoms with van der Waals surface area (Å²) >= 11 is 1.47. The average molecular weight is 299 g/mol. The number of rotatable bonds is 5. The van der Waals surface area contributed by atoms with Gasteiger partial charge in [-0.3, -0.25) is 4.79 Å². The predicted octanol–water partition coefficient (Wildman–Crippen LogP) is 3.29. The minimum atomic E-state index is -0.0663. The Morgan fingerprint density at radius 2 is 2.14 bits per heavy atom. The molecule has 1 aromatic carbocycles. The zero-order valence-electron chi connectivity index (χ0n) is 12.1. The largest absolute Gasteiger partial charge is 0.380 e. The summed E-state index contributed by atoms with van der Waals surface area (Å²) < 4.78 is 0. The van der Waals surface area contributed by atoms with Crippen LogP contribution in [0.1, 0.15) is 32.6 Å². The molecule has 1 heterocycles. The molecule has 0 radical (unpaired) electrons. The maximum absolute atomic E-state index is 11.9. The highest BCUT2D eigenvalue weighted by Gasteiger charge is 2.07. The number of aryl methyl sites for hydroxylation is 1. The number of hydrogen-bond donors (Lipinski definition) is 2. The fourth-order valence-electron chi connectivity index (χ4n) is 1.93. The van der Waals surface area contributed by atoms with Crippen molar-refractivity contribution < 1.29 is 4.79 Å². The second-order valence-electron chi connectivity index (χ2n) is 4.62. The molecular formula is C16H17N3OS. The van der Waals surface area contributed by atoms with Crippen LogP contribution in [-0.4, -0.2) is 12.5 Å². The summed E-state index contributed by atoms with van der Waals surface area (Å²) in [6.45, 7) is 5.15. The maximum atomic E-state index is 11.9. The number of nitrogens with zero attached hydrogens (tertiary/aromatic N) is 1. The van der Waals surface area contributed by atoms with Gasteiger partial charge in [-0.25, -0.2) is 0 Å². The molecule has 2 N–H and O–H groups in total. The standard InChI is InChI=1S/C16H17N3OS/c1-3-18-16(20)12-5-4-11(2)15(8-12)19-10-14-7-6-13(9-17)21-14/h4-8,19H,3,10H2,1-2H3,(H,18,20). The van der Waals surface area contributed by atoms with Crippen molar-refractivity contribution in [3.05, 3.63) is 51.2 Å². The fraction of sp³-hybridized carbons (Fsp3) is 0.250. The molecule has 0 saturated carbocycles. The predicted molar refractivity (Wildman–Crippen MR) is 85.5 cm³/mol. The van der Waals surface area contributed by atoms with E-state index in [0.29, 0.717) is 23.5 Å². The number of amides is 1. The van der Waals surface area contributed by atoms with Crippen LogP contribution in [-0.2, 0) is 6.54 Å². The number of carbonyl (C=O) groups excluding carboxylic acids is 1. The Bertz CT molecular complexity index is 685. The van der Waals surface area contributed by atoms with Gasteiger partial charge in [0.25, 0.3) is 5.91 Å². The number of thiophene rings is 1. The quantitative estimate of drug-likeness (QED) is 0.890. The lowest BCUT2D eigenvalue weighted by Crippen LogP contribution is -2.22. The van der Waals surface area contributed by atoms with E-state index in [-0.39, 0.29) is 5.91 Å². The van der Waals surface area contributed by atoms with Gasteiger partial charge in [0.2, 0.25) is 0 Å². The van der Waals surface area contributed by atoms with E-state index in [1.165, 1.54) is 11.3 Å². The summed E-state index contributed by atoms with van der Waals surface area (Å²) in [7, 11) is 0. The Hall–Kier alpha value is -2.32. The number of anilines is 1. The van der Waals surface area contributed by atoms with Gasteiger partial charge in [0.05, 0.1) is 0 Å². The van der Waals surface area contributed by atoms with Crippen molar-refractivity contribution in [2.45, 2.75) is 20.4 Å². The van der Waals surface area contributed by atoms with Crippen LogP contribution >= 0.6 is 11.3 Å². The Morgan fingerprint density at radius 1 is 1.33 bits per heavy atom. The maximum Gasteiger partial charge on any atom is 0.251 e. The highest BCUT2D eigenvalue weighted by atomic mass is 32.1. The molecular weight excluding hydrogens is 282 g/mol. The molecule has 2 rings (SSSR count). The lowest BCUT2D eigenvalue weighted by molar-refractivity contribution is 0.0956. The molecule has 1 amide bonds. The number of hydrogen-bond acceptors (Lipinski definition) is 4. The number of nitrogens with one attached hydrogen (secondary N) is 2. The molecule has 21 heavy (non-hydrogen) atoms.